The number of unbranched alkanes of at least 4 members (excludes halogenated alkanes) is 14. The highest BCUT2D eigenvalue weighted by molar-refractivity contribution is 5.81. The van der Waals surface area contributed by atoms with Crippen LogP contribution in [-0.2, 0) is 37.0 Å². The van der Waals surface area contributed by atoms with E-state index in [2.05, 4.69) is 27.2 Å². The molecule has 13 nitrogen and oxygen atoms in total. The first-order valence-electron chi connectivity index (χ1n) is 20.2. The molecule has 0 fully saturated rings. The number of carbonyl (C=O) groups is 3. The van der Waals surface area contributed by atoms with Gasteiger partial charge in [0.2, 0.25) is 5.95 Å². The molecule has 0 saturated carbocycles. The largest absolute Gasteiger partial charge is 0.465 e. The SMILES string of the molecule is CCCCCCCCCCCCCCCCCC(=O)OCC(CCOC(=O)C(NC(=O)OCc1ccccc1)C(C)C)Cn1cnc2c(=O)[nH]c(N)nc21. The predicted molar refractivity (Wildman–Crippen MR) is 211 cm³/mol. The number of carbonyl (C=O) groups excluding carboxylic acids is 3. The predicted octanol–water partition coefficient (Wildman–Crippen LogP) is 8.01. The number of anilines is 1. The van der Waals surface area contributed by atoms with Crippen molar-refractivity contribution in [2.45, 2.75) is 149 Å². The van der Waals surface area contributed by atoms with Gasteiger partial charge in [-0.1, -0.05) is 141 Å². The van der Waals surface area contributed by atoms with E-state index in [1.54, 1.807) is 18.4 Å². The Morgan fingerprint density at radius 1 is 0.852 bits per heavy atom. The highest BCUT2D eigenvalue weighted by Gasteiger charge is 2.27. The number of nitrogens with zero attached hydrogens (tertiary/aromatic N) is 3. The molecule has 0 aliphatic heterocycles. The average molecular weight is 753 g/mol. The number of H-pyrrole nitrogens is 1. The van der Waals surface area contributed by atoms with Crippen molar-refractivity contribution in [1.82, 2.24) is 24.8 Å². The van der Waals surface area contributed by atoms with Gasteiger partial charge in [-0.2, -0.15) is 4.98 Å². The van der Waals surface area contributed by atoms with Gasteiger partial charge < -0.3 is 29.8 Å². The molecular weight excluding hydrogens is 688 g/mol. The Morgan fingerprint density at radius 3 is 2.07 bits per heavy atom. The van der Waals surface area contributed by atoms with Gasteiger partial charge in [-0.15, -0.1) is 0 Å². The molecule has 0 bridgehead atoms. The number of ether oxygens (including phenoxy) is 3. The highest BCUT2D eigenvalue weighted by Crippen LogP contribution is 2.17. The fraction of sp³-hybridized carbons (Fsp3) is 0.659. The highest BCUT2D eigenvalue weighted by atomic mass is 16.6. The summed E-state index contributed by atoms with van der Waals surface area (Å²) in [5, 5.41) is 2.62. The van der Waals surface area contributed by atoms with Gasteiger partial charge >= 0.3 is 18.0 Å². The lowest BCUT2D eigenvalue weighted by atomic mass is 10.0. The van der Waals surface area contributed by atoms with E-state index in [9.17, 15) is 19.2 Å². The summed E-state index contributed by atoms with van der Waals surface area (Å²) in [6.45, 7) is 6.30. The number of imidazole rings is 1. The lowest BCUT2D eigenvalue weighted by Crippen LogP contribution is -2.45. The van der Waals surface area contributed by atoms with Crippen molar-refractivity contribution in [3.05, 3.63) is 52.6 Å². The maximum atomic E-state index is 13.1. The van der Waals surface area contributed by atoms with Gasteiger partial charge in [-0.25, -0.2) is 14.6 Å². The molecule has 2 heterocycles. The van der Waals surface area contributed by atoms with Crippen molar-refractivity contribution in [2.75, 3.05) is 18.9 Å². The Morgan fingerprint density at radius 2 is 1.46 bits per heavy atom. The summed E-state index contributed by atoms with van der Waals surface area (Å²) in [4.78, 5) is 61.5. The smallest absolute Gasteiger partial charge is 0.408 e. The van der Waals surface area contributed by atoms with Gasteiger partial charge in [-0.05, 0) is 24.3 Å². The van der Waals surface area contributed by atoms with Crippen molar-refractivity contribution < 1.29 is 28.6 Å². The Kier molecular flexibility index (Phi) is 20.8. The van der Waals surface area contributed by atoms with E-state index in [1.807, 2.05) is 30.3 Å². The maximum Gasteiger partial charge on any atom is 0.408 e. The molecule has 4 N–H and O–H groups in total. The Hall–Kier alpha value is -4.42. The first kappa shape index (κ1) is 44.0. The van der Waals surface area contributed by atoms with Crippen LogP contribution in [0.5, 0.6) is 0 Å². The van der Waals surface area contributed by atoms with E-state index in [1.165, 1.54) is 83.4 Å². The van der Waals surface area contributed by atoms with Crippen molar-refractivity contribution in [1.29, 1.82) is 0 Å². The van der Waals surface area contributed by atoms with Gasteiger partial charge in [0, 0.05) is 18.9 Å². The molecule has 2 atom stereocenters. The molecule has 0 aliphatic carbocycles. The number of hydrogen-bond acceptors (Lipinski definition) is 10. The Bertz CT molecular complexity index is 1570. The average Bonchev–Trinajstić information content (AvgIpc) is 3.56. The third kappa shape index (κ3) is 17.2. The van der Waals surface area contributed by atoms with Gasteiger partial charge in [-0.3, -0.25) is 14.6 Å². The van der Waals surface area contributed by atoms with E-state index in [-0.39, 0.29) is 55.6 Å². The second-order valence-corrected chi connectivity index (χ2v) is 14.7. The maximum absolute atomic E-state index is 13.1. The summed E-state index contributed by atoms with van der Waals surface area (Å²) in [7, 11) is 0. The van der Waals surface area contributed by atoms with E-state index in [0.717, 1.165) is 24.8 Å². The first-order chi connectivity index (χ1) is 26.2. The molecule has 1 amide bonds. The number of nitrogen functional groups attached to an aromatic ring is 1. The van der Waals surface area contributed by atoms with Crippen molar-refractivity contribution in [2.24, 2.45) is 11.8 Å². The number of nitrogens with one attached hydrogen (secondary N) is 2. The molecule has 0 spiro atoms. The van der Waals surface area contributed by atoms with E-state index >= 15 is 0 Å². The third-order valence-electron chi connectivity index (χ3n) is 9.59. The molecule has 0 saturated heterocycles. The van der Waals surface area contributed by atoms with E-state index < -0.39 is 23.7 Å². The normalized spacial score (nSPS) is 12.4. The number of amides is 1. The minimum Gasteiger partial charge on any atom is -0.465 e. The van der Waals surface area contributed by atoms with Crippen LogP contribution in [0.4, 0.5) is 10.7 Å². The standard InChI is InChI=1S/C41H64N6O7/c1-4-5-6-7-8-9-10-11-12-13-14-15-16-17-21-24-34(48)53-29-33(27-47-30-43-36-37(47)45-40(42)46-38(36)49)25-26-52-39(50)35(31(2)3)44-41(51)54-28-32-22-19-18-20-23-32/h18-20,22-23,30-31,33,35H,4-17,21,24-29H2,1-3H3,(H,44,51)(H3,42,45,46,49). The van der Waals surface area contributed by atoms with Crippen LogP contribution in [0.3, 0.4) is 0 Å². The topological polar surface area (TPSA) is 181 Å². The zero-order valence-electron chi connectivity index (χ0n) is 32.8. The summed E-state index contributed by atoms with van der Waals surface area (Å²) >= 11 is 0. The molecule has 2 aromatic heterocycles. The molecule has 3 rings (SSSR count). The number of fused-ring (bicyclic) bond motifs is 1. The summed E-state index contributed by atoms with van der Waals surface area (Å²) in [5.41, 5.74) is 6.61. The minimum absolute atomic E-state index is 0.00679. The number of alkyl carbamates (subject to hydrolysis) is 1. The second kappa shape index (κ2) is 25.6. The lowest BCUT2D eigenvalue weighted by molar-refractivity contribution is -0.149. The molecule has 0 aliphatic rings. The van der Waals surface area contributed by atoms with Crippen LogP contribution in [0.1, 0.15) is 135 Å². The monoisotopic (exact) mass is 752 g/mol. The van der Waals surface area contributed by atoms with Crippen molar-refractivity contribution in [3.8, 4) is 0 Å². The molecule has 54 heavy (non-hydrogen) atoms. The summed E-state index contributed by atoms with van der Waals surface area (Å²) < 4.78 is 18.3. The molecule has 3 aromatic rings. The van der Waals surface area contributed by atoms with E-state index in [0.29, 0.717) is 18.5 Å². The number of hydrogen-bond donors (Lipinski definition) is 3. The van der Waals surface area contributed by atoms with Crippen molar-refractivity contribution >= 4 is 35.1 Å². The fourth-order valence-electron chi connectivity index (χ4n) is 6.34. The number of aromatic amines is 1. The van der Waals surface area contributed by atoms with Crippen LogP contribution in [0, 0.1) is 11.8 Å². The number of benzene rings is 1. The summed E-state index contributed by atoms with van der Waals surface area (Å²) in [6.07, 6.45) is 20.2. The molecular formula is C41H64N6O7. The summed E-state index contributed by atoms with van der Waals surface area (Å²) in [5.74, 6) is -1.48. The van der Waals surface area contributed by atoms with Crippen LogP contribution >= 0.6 is 0 Å². The number of aromatic nitrogens is 4. The number of rotatable bonds is 28. The van der Waals surface area contributed by atoms with Crippen molar-refractivity contribution in [3.63, 3.8) is 0 Å². The molecule has 300 valence electrons. The summed E-state index contributed by atoms with van der Waals surface area (Å²) in [6, 6.07) is 8.33. The first-order valence-corrected chi connectivity index (χ1v) is 20.2. The second-order valence-electron chi connectivity index (χ2n) is 14.7. The van der Waals surface area contributed by atoms with Gasteiger partial charge in [0.05, 0.1) is 19.5 Å². The van der Waals surface area contributed by atoms with Gasteiger partial charge in [0.25, 0.3) is 5.56 Å². The number of nitrogens with two attached hydrogens (primary N) is 1. The number of esters is 2. The minimum atomic E-state index is -0.920. The lowest BCUT2D eigenvalue weighted by Gasteiger charge is -2.22. The molecule has 13 heteroatoms. The van der Waals surface area contributed by atoms with Crippen LogP contribution < -0.4 is 16.6 Å². The Labute approximate surface area is 320 Å². The quantitative estimate of drug-likeness (QED) is 0.0374. The van der Waals surface area contributed by atoms with E-state index in [4.69, 9.17) is 19.9 Å². The third-order valence-corrected chi connectivity index (χ3v) is 9.59. The van der Waals surface area contributed by atoms with Gasteiger partial charge in [0.15, 0.2) is 11.2 Å². The molecule has 2 unspecified atom stereocenters. The Balaban J connectivity index is 1.42. The van der Waals surface area contributed by atoms with Crippen LogP contribution in [0.25, 0.3) is 11.2 Å². The van der Waals surface area contributed by atoms with Crippen LogP contribution in [0.2, 0.25) is 0 Å². The molecule has 1 aromatic carbocycles. The van der Waals surface area contributed by atoms with Crippen LogP contribution in [0.15, 0.2) is 41.5 Å². The van der Waals surface area contributed by atoms with Gasteiger partial charge in [0.1, 0.15) is 12.6 Å². The molecule has 0 radical (unpaired) electrons. The van der Waals surface area contributed by atoms with Crippen LogP contribution in [-0.4, -0.2) is 56.8 Å². The zero-order chi connectivity index (χ0) is 39.0. The fourth-order valence-corrected chi connectivity index (χ4v) is 6.34. The zero-order valence-corrected chi connectivity index (χ0v) is 32.8.